The predicted octanol–water partition coefficient (Wildman–Crippen LogP) is 1.91. The first-order valence-electron chi connectivity index (χ1n) is 6.24. The Morgan fingerprint density at radius 2 is 2.12 bits per heavy atom. The minimum absolute atomic E-state index is 0.243. The van der Waals surface area contributed by atoms with Crippen molar-refractivity contribution in [2.75, 3.05) is 27.2 Å². The molecule has 0 bridgehead atoms. The van der Waals surface area contributed by atoms with Crippen LogP contribution in [-0.4, -0.2) is 38.2 Å². The zero-order valence-electron chi connectivity index (χ0n) is 11.1. The van der Waals surface area contributed by atoms with E-state index in [1.54, 1.807) is 0 Å². The summed E-state index contributed by atoms with van der Waals surface area (Å²) in [4.78, 5) is 2.11. The topological polar surface area (TPSA) is 38.5 Å². The average molecular weight is 236 g/mol. The minimum atomic E-state index is 0.243. The zero-order valence-corrected chi connectivity index (χ0v) is 11.1. The Labute approximate surface area is 105 Å². The number of rotatable bonds is 7. The number of likely N-dealkylation sites (N-methyl/N-ethyl adjacent to an activating group) is 1. The van der Waals surface area contributed by atoms with E-state index in [0.717, 1.165) is 31.7 Å². The Morgan fingerprint density at radius 3 is 2.76 bits per heavy atom. The van der Waals surface area contributed by atoms with Gasteiger partial charge in [0.1, 0.15) is 12.4 Å². The summed E-state index contributed by atoms with van der Waals surface area (Å²) in [6.07, 6.45) is 1.92. The summed E-state index contributed by atoms with van der Waals surface area (Å²) in [5.41, 5.74) is 7.20. The normalized spacial score (nSPS) is 12.8. The molecule has 0 fully saturated rings. The van der Waals surface area contributed by atoms with Gasteiger partial charge in [-0.1, -0.05) is 19.1 Å². The highest BCUT2D eigenvalue weighted by Crippen LogP contribution is 2.14. The van der Waals surface area contributed by atoms with Crippen molar-refractivity contribution in [3.63, 3.8) is 0 Å². The van der Waals surface area contributed by atoms with Gasteiger partial charge in [0.05, 0.1) is 0 Å². The number of hydrogen-bond acceptors (Lipinski definition) is 3. The molecule has 1 aromatic carbocycles. The molecular formula is C14H24N2O. The van der Waals surface area contributed by atoms with Gasteiger partial charge >= 0.3 is 0 Å². The van der Waals surface area contributed by atoms with Gasteiger partial charge in [-0.25, -0.2) is 0 Å². The average Bonchev–Trinajstić information content (AvgIpc) is 2.29. The number of nitrogens with two attached hydrogens (primary N) is 1. The Bertz CT molecular complexity index is 326. The van der Waals surface area contributed by atoms with E-state index in [2.05, 4.69) is 24.0 Å². The Kier molecular flexibility index (Phi) is 6.01. The van der Waals surface area contributed by atoms with Gasteiger partial charge in [-0.3, -0.25) is 0 Å². The van der Waals surface area contributed by atoms with Crippen LogP contribution in [0.4, 0.5) is 0 Å². The third-order valence-electron chi connectivity index (χ3n) is 2.73. The smallest absolute Gasteiger partial charge is 0.119 e. The van der Waals surface area contributed by atoms with Crippen molar-refractivity contribution in [2.45, 2.75) is 25.8 Å². The molecule has 96 valence electrons. The zero-order chi connectivity index (χ0) is 12.7. The van der Waals surface area contributed by atoms with Crippen LogP contribution < -0.4 is 10.5 Å². The molecule has 0 aliphatic rings. The van der Waals surface area contributed by atoms with Crippen LogP contribution in [0.15, 0.2) is 24.3 Å². The van der Waals surface area contributed by atoms with E-state index in [-0.39, 0.29) is 6.04 Å². The molecule has 0 aromatic heterocycles. The molecule has 1 atom stereocenters. The molecule has 0 heterocycles. The third kappa shape index (κ3) is 5.71. The van der Waals surface area contributed by atoms with Gasteiger partial charge < -0.3 is 15.4 Å². The molecule has 0 aliphatic carbocycles. The van der Waals surface area contributed by atoms with Crippen LogP contribution >= 0.6 is 0 Å². The third-order valence-corrected chi connectivity index (χ3v) is 2.73. The fraction of sp³-hybridized carbons (Fsp3) is 0.571. The molecular weight excluding hydrogens is 212 g/mol. The lowest BCUT2D eigenvalue weighted by Gasteiger charge is -2.13. The van der Waals surface area contributed by atoms with E-state index in [0.29, 0.717) is 0 Å². The largest absolute Gasteiger partial charge is 0.492 e. The summed E-state index contributed by atoms with van der Waals surface area (Å²) in [5.74, 6) is 0.938. The van der Waals surface area contributed by atoms with Crippen molar-refractivity contribution in [3.05, 3.63) is 29.8 Å². The Morgan fingerprint density at radius 1 is 1.35 bits per heavy atom. The van der Waals surface area contributed by atoms with Crippen LogP contribution in [0.2, 0.25) is 0 Å². The van der Waals surface area contributed by atoms with E-state index in [1.165, 1.54) is 5.56 Å². The van der Waals surface area contributed by atoms with Crippen LogP contribution in [0.25, 0.3) is 0 Å². The van der Waals surface area contributed by atoms with Gasteiger partial charge in [0.15, 0.2) is 0 Å². The van der Waals surface area contributed by atoms with Crippen LogP contribution in [0, 0.1) is 0 Å². The molecule has 1 aromatic rings. The quantitative estimate of drug-likeness (QED) is 0.786. The second kappa shape index (κ2) is 7.30. The summed E-state index contributed by atoms with van der Waals surface area (Å²) >= 11 is 0. The molecule has 17 heavy (non-hydrogen) atoms. The number of nitrogens with zero attached hydrogens (tertiary/aromatic N) is 1. The molecule has 0 amide bonds. The molecule has 0 saturated carbocycles. The van der Waals surface area contributed by atoms with Crippen molar-refractivity contribution >= 4 is 0 Å². The summed E-state index contributed by atoms with van der Waals surface area (Å²) in [5, 5.41) is 0. The lowest BCUT2D eigenvalue weighted by molar-refractivity contribution is 0.261. The Balaban J connectivity index is 2.48. The lowest BCUT2D eigenvalue weighted by Crippen LogP contribution is -2.21. The molecule has 0 aliphatic heterocycles. The van der Waals surface area contributed by atoms with Crippen LogP contribution in [0.1, 0.15) is 18.9 Å². The molecule has 3 nitrogen and oxygen atoms in total. The molecule has 0 saturated heterocycles. The molecule has 0 radical (unpaired) electrons. The fourth-order valence-electron chi connectivity index (χ4n) is 1.56. The van der Waals surface area contributed by atoms with Crippen molar-refractivity contribution in [1.82, 2.24) is 4.90 Å². The SMILES string of the molecule is CCC(N)Cc1cccc(OCCN(C)C)c1. The van der Waals surface area contributed by atoms with Gasteiger partial charge in [-0.05, 0) is 44.6 Å². The maximum absolute atomic E-state index is 5.95. The molecule has 1 rings (SSSR count). The summed E-state index contributed by atoms with van der Waals surface area (Å²) in [6.45, 7) is 3.76. The minimum Gasteiger partial charge on any atom is -0.492 e. The highest BCUT2D eigenvalue weighted by Gasteiger charge is 2.02. The fourth-order valence-corrected chi connectivity index (χ4v) is 1.56. The van der Waals surface area contributed by atoms with E-state index >= 15 is 0 Å². The first-order valence-corrected chi connectivity index (χ1v) is 6.24. The van der Waals surface area contributed by atoms with Gasteiger partial charge in [-0.15, -0.1) is 0 Å². The van der Waals surface area contributed by atoms with Crippen LogP contribution in [0.5, 0.6) is 5.75 Å². The second-order valence-corrected chi connectivity index (χ2v) is 4.67. The number of hydrogen-bond donors (Lipinski definition) is 1. The number of ether oxygens (including phenoxy) is 1. The van der Waals surface area contributed by atoms with Crippen molar-refractivity contribution in [3.8, 4) is 5.75 Å². The van der Waals surface area contributed by atoms with E-state index < -0.39 is 0 Å². The molecule has 3 heteroatoms. The summed E-state index contributed by atoms with van der Waals surface area (Å²) in [6, 6.07) is 8.46. The highest BCUT2D eigenvalue weighted by atomic mass is 16.5. The van der Waals surface area contributed by atoms with E-state index in [1.807, 2.05) is 26.2 Å². The maximum Gasteiger partial charge on any atom is 0.119 e. The predicted molar refractivity (Wildman–Crippen MR) is 72.5 cm³/mol. The first kappa shape index (κ1) is 14.0. The Hall–Kier alpha value is -1.06. The highest BCUT2D eigenvalue weighted by molar-refractivity contribution is 5.29. The summed E-state index contributed by atoms with van der Waals surface area (Å²) < 4.78 is 5.69. The monoisotopic (exact) mass is 236 g/mol. The van der Waals surface area contributed by atoms with E-state index in [9.17, 15) is 0 Å². The van der Waals surface area contributed by atoms with E-state index in [4.69, 9.17) is 10.5 Å². The summed E-state index contributed by atoms with van der Waals surface area (Å²) in [7, 11) is 4.08. The van der Waals surface area contributed by atoms with Crippen LogP contribution in [0.3, 0.4) is 0 Å². The second-order valence-electron chi connectivity index (χ2n) is 4.67. The van der Waals surface area contributed by atoms with Gasteiger partial charge in [0, 0.05) is 12.6 Å². The van der Waals surface area contributed by atoms with Gasteiger partial charge in [0.25, 0.3) is 0 Å². The standard InChI is InChI=1S/C14H24N2O/c1-4-13(15)10-12-6-5-7-14(11-12)17-9-8-16(2)3/h5-7,11,13H,4,8-10,15H2,1-3H3. The van der Waals surface area contributed by atoms with Gasteiger partial charge in [-0.2, -0.15) is 0 Å². The molecule has 2 N–H and O–H groups in total. The maximum atomic E-state index is 5.95. The van der Waals surface area contributed by atoms with Crippen molar-refractivity contribution in [2.24, 2.45) is 5.73 Å². The lowest BCUT2D eigenvalue weighted by atomic mass is 10.0. The van der Waals surface area contributed by atoms with Gasteiger partial charge in [0.2, 0.25) is 0 Å². The molecule has 0 spiro atoms. The molecule has 1 unspecified atom stereocenters. The van der Waals surface area contributed by atoms with Crippen molar-refractivity contribution < 1.29 is 4.74 Å². The first-order chi connectivity index (χ1) is 8.11. The number of benzene rings is 1. The van der Waals surface area contributed by atoms with Crippen LogP contribution in [-0.2, 0) is 6.42 Å². The van der Waals surface area contributed by atoms with Crippen molar-refractivity contribution in [1.29, 1.82) is 0 Å².